The van der Waals surface area contributed by atoms with Gasteiger partial charge in [-0.15, -0.1) is 0 Å². The Kier molecular flexibility index (Phi) is 5.75. The fourth-order valence-corrected chi connectivity index (χ4v) is 2.95. The van der Waals surface area contributed by atoms with Crippen LogP contribution in [0.2, 0.25) is 5.02 Å². The molecule has 134 valence electrons. The van der Waals surface area contributed by atoms with E-state index >= 15 is 0 Å². The lowest BCUT2D eigenvalue weighted by atomic mass is 10.0. The van der Waals surface area contributed by atoms with Gasteiger partial charge in [0.2, 0.25) is 0 Å². The molecule has 1 N–H and O–H groups in total. The molecular formula is C16H19ClF4N2O. The van der Waals surface area contributed by atoms with E-state index < -0.39 is 29.9 Å². The van der Waals surface area contributed by atoms with Gasteiger partial charge in [0, 0.05) is 19.1 Å². The Morgan fingerprint density at radius 1 is 1.38 bits per heavy atom. The fraction of sp³-hybridized carbons (Fsp3) is 0.562. The van der Waals surface area contributed by atoms with Crippen molar-refractivity contribution in [1.29, 1.82) is 0 Å². The molecular weight excluding hydrogens is 348 g/mol. The number of halogens is 5. The van der Waals surface area contributed by atoms with E-state index in [0.717, 1.165) is 12.1 Å². The quantitative estimate of drug-likeness (QED) is 0.823. The maximum atomic E-state index is 14.2. The Morgan fingerprint density at radius 2 is 2.04 bits per heavy atom. The standard InChI is InChI=1S/C16H19ClF4N2O/c1-9(2)23-6-5-14(13(18)8-23)22-15(24)11-4-3-10(7-12(11)17)16(19,20)21/h3-4,7,9,13-14H,5-6,8H2,1-2H3,(H,22,24)/t13-,14-/m1/s1. The summed E-state index contributed by atoms with van der Waals surface area (Å²) in [4.78, 5) is 14.2. The van der Waals surface area contributed by atoms with Gasteiger partial charge in [-0.1, -0.05) is 11.6 Å². The molecule has 24 heavy (non-hydrogen) atoms. The lowest BCUT2D eigenvalue weighted by Gasteiger charge is -2.37. The van der Waals surface area contributed by atoms with Crippen molar-refractivity contribution in [2.45, 2.75) is 44.7 Å². The number of hydrogen-bond acceptors (Lipinski definition) is 2. The fourth-order valence-electron chi connectivity index (χ4n) is 2.68. The molecule has 0 aliphatic carbocycles. The molecule has 0 saturated carbocycles. The van der Waals surface area contributed by atoms with Gasteiger partial charge in [0.25, 0.3) is 5.91 Å². The first-order valence-electron chi connectivity index (χ1n) is 7.65. The number of carbonyl (C=O) groups is 1. The van der Waals surface area contributed by atoms with Crippen molar-refractivity contribution in [3.63, 3.8) is 0 Å². The summed E-state index contributed by atoms with van der Waals surface area (Å²) in [5, 5.41) is 2.23. The van der Waals surface area contributed by atoms with Crippen molar-refractivity contribution in [1.82, 2.24) is 10.2 Å². The van der Waals surface area contributed by atoms with Crippen LogP contribution in [-0.4, -0.2) is 42.2 Å². The second-order valence-electron chi connectivity index (χ2n) is 6.17. The molecule has 1 aliphatic heterocycles. The predicted molar refractivity (Wildman–Crippen MR) is 83.9 cm³/mol. The van der Waals surface area contributed by atoms with Gasteiger partial charge in [0.15, 0.2) is 0 Å². The summed E-state index contributed by atoms with van der Waals surface area (Å²) in [6, 6.07) is 2.03. The van der Waals surface area contributed by atoms with Gasteiger partial charge in [-0.3, -0.25) is 9.69 Å². The van der Waals surface area contributed by atoms with Gasteiger partial charge in [-0.2, -0.15) is 13.2 Å². The summed E-state index contributed by atoms with van der Waals surface area (Å²) in [6.45, 7) is 4.79. The normalized spacial score (nSPS) is 22.7. The van der Waals surface area contributed by atoms with Crippen molar-refractivity contribution < 1.29 is 22.4 Å². The van der Waals surface area contributed by atoms with Crippen LogP contribution in [-0.2, 0) is 6.18 Å². The van der Waals surface area contributed by atoms with E-state index in [1.165, 1.54) is 0 Å². The highest BCUT2D eigenvalue weighted by atomic mass is 35.5. The van der Waals surface area contributed by atoms with Gasteiger partial charge in [-0.25, -0.2) is 4.39 Å². The molecule has 0 radical (unpaired) electrons. The van der Waals surface area contributed by atoms with E-state index in [1.807, 2.05) is 18.7 Å². The average molecular weight is 367 g/mol. The van der Waals surface area contributed by atoms with Crippen LogP contribution in [0.3, 0.4) is 0 Å². The minimum Gasteiger partial charge on any atom is -0.346 e. The first-order chi connectivity index (χ1) is 11.1. The molecule has 0 unspecified atom stereocenters. The summed E-state index contributed by atoms with van der Waals surface area (Å²) in [7, 11) is 0. The Morgan fingerprint density at radius 3 is 2.54 bits per heavy atom. The first-order valence-corrected chi connectivity index (χ1v) is 8.03. The van der Waals surface area contributed by atoms with Gasteiger partial charge in [0.05, 0.1) is 22.2 Å². The highest BCUT2D eigenvalue weighted by Crippen LogP contribution is 2.32. The average Bonchev–Trinajstić information content (AvgIpc) is 2.47. The number of nitrogens with zero attached hydrogens (tertiary/aromatic N) is 1. The Bertz CT molecular complexity index is 606. The molecule has 0 bridgehead atoms. The molecule has 2 atom stereocenters. The summed E-state index contributed by atoms with van der Waals surface area (Å²) in [6.07, 6.45) is -5.34. The van der Waals surface area contributed by atoms with Crippen LogP contribution in [0.4, 0.5) is 17.6 Å². The Labute approximate surface area is 143 Å². The molecule has 1 aromatic carbocycles. The Balaban J connectivity index is 2.05. The molecule has 3 nitrogen and oxygen atoms in total. The highest BCUT2D eigenvalue weighted by Gasteiger charge is 2.33. The zero-order valence-corrected chi connectivity index (χ0v) is 14.1. The van der Waals surface area contributed by atoms with E-state index in [2.05, 4.69) is 5.32 Å². The Hall–Kier alpha value is -1.34. The summed E-state index contributed by atoms with van der Waals surface area (Å²) < 4.78 is 52.1. The minimum atomic E-state index is -4.54. The van der Waals surface area contributed by atoms with E-state index in [1.54, 1.807) is 0 Å². The number of amides is 1. The lowest BCUT2D eigenvalue weighted by molar-refractivity contribution is -0.137. The van der Waals surface area contributed by atoms with Crippen molar-refractivity contribution in [3.8, 4) is 0 Å². The van der Waals surface area contributed by atoms with Gasteiger partial charge in [0.1, 0.15) is 6.17 Å². The molecule has 0 spiro atoms. The summed E-state index contributed by atoms with van der Waals surface area (Å²) in [5.41, 5.74) is -1.03. The maximum absolute atomic E-state index is 14.2. The number of likely N-dealkylation sites (tertiary alicyclic amines) is 1. The number of benzene rings is 1. The first kappa shape index (κ1) is 19.0. The molecule has 1 heterocycles. The molecule has 1 saturated heterocycles. The number of piperidine rings is 1. The van der Waals surface area contributed by atoms with Crippen molar-refractivity contribution in [2.75, 3.05) is 13.1 Å². The second kappa shape index (κ2) is 7.27. The lowest BCUT2D eigenvalue weighted by Crippen LogP contribution is -2.53. The zero-order chi connectivity index (χ0) is 18.1. The maximum Gasteiger partial charge on any atom is 0.416 e. The minimum absolute atomic E-state index is 0.0943. The summed E-state index contributed by atoms with van der Waals surface area (Å²) >= 11 is 5.79. The van der Waals surface area contributed by atoms with Gasteiger partial charge >= 0.3 is 6.18 Å². The van der Waals surface area contributed by atoms with Crippen molar-refractivity contribution in [2.24, 2.45) is 0 Å². The van der Waals surface area contributed by atoms with Crippen LogP contribution in [0.5, 0.6) is 0 Å². The third-order valence-electron chi connectivity index (χ3n) is 4.16. The largest absolute Gasteiger partial charge is 0.416 e. The number of carbonyl (C=O) groups excluding carboxylic acids is 1. The van der Waals surface area contributed by atoms with Crippen LogP contribution >= 0.6 is 11.6 Å². The molecule has 1 fully saturated rings. The third kappa shape index (κ3) is 4.39. The van der Waals surface area contributed by atoms with Gasteiger partial charge in [-0.05, 0) is 38.5 Å². The molecule has 0 aromatic heterocycles. The van der Waals surface area contributed by atoms with Crippen LogP contribution in [0, 0.1) is 0 Å². The molecule has 8 heteroatoms. The zero-order valence-electron chi connectivity index (χ0n) is 13.3. The van der Waals surface area contributed by atoms with Crippen molar-refractivity contribution in [3.05, 3.63) is 34.3 Å². The molecule has 1 aromatic rings. The number of alkyl halides is 4. The monoisotopic (exact) mass is 366 g/mol. The van der Waals surface area contributed by atoms with Gasteiger partial charge < -0.3 is 5.32 Å². The third-order valence-corrected chi connectivity index (χ3v) is 4.47. The van der Waals surface area contributed by atoms with E-state index in [-0.39, 0.29) is 23.2 Å². The van der Waals surface area contributed by atoms with Crippen molar-refractivity contribution >= 4 is 17.5 Å². The van der Waals surface area contributed by atoms with Crippen LogP contribution in [0.15, 0.2) is 18.2 Å². The van der Waals surface area contributed by atoms with E-state index in [9.17, 15) is 22.4 Å². The molecule has 1 amide bonds. The topological polar surface area (TPSA) is 32.3 Å². The number of rotatable bonds is 3. The SMILES string of the molecule is CC(C)N1CC[C@@H](NC(=O)c2ccc(C(F)(F)F)cc2Cl)[C@H](F)C1. The van der Waals surface area contributed by atoms with Crippen LogP contribution in [0.1, 0.15) is 36.2 Å². The second-order valence-corrected chi connectivity index (χ2v) is 6.57. The van der Waals surface area contributed by atoms with Crippen LogP contribution in [0.25, 0.3) is 0 Å². The molecule has 2 rings (SSSR count). The van der Waals surface area contributed by atoms with E-state index in [4.69, 9.17) is 11.6 Å². The number of nitrogens with one attached hydrogen (secondary N) is 1. The predicted octanol–water partition coefficient (Wildman–Crippen LogP) is 3.91. The highest BCUT2D eigenvalue weighted by molar-refractivity contribution is 6.33. The van der Waals surface area contributed by atoms with E-state index in [0.29, 0.717) is 19.0 Å². The molecule has 1 aliphatic rings. The smallest absolute Gasteiger partial charge is 0.346 e. The number of hydrogen-bond donors (Lipinski definition) is 1. The van der Waals surface area contributed by atoms with Crippen LogP contribution < -0.4 is 5.32 Å². The summed E-state index contributed by atoms with van der Waals surface area (Å²) in [5.74, 6) is -0.667.